The number of ether oxygens (including phenoxy) is 1. The minimum absolute atomic E-state index is 0.0318. The highest BCUT2D eigenvalue weighted by atomic mass is 16.6. The average molecular weight is 355 g/mol. The molecule has 0 aromatic heterocycles. The number of hydrogen-bond acceptors (Lipinski definition) is 5. The monoisotopic (exact) mass is 355 g/mol. The van der Waals surface area contributed by atoms with Crippen LogP contribution in [-0.2, 0) is 0 Å². The van der Waals surface area contributed by atoms with Gasteiger partial charge in [0.2, 0.25) is 0 Å². The number of nitrogens with zero attached hydrogens (tertiary/aromatic N) is 3. The third kappa shape index (κ3) is 3.61. The SMILES string of the molecule is COc1cccc(N2CCN(C(=O)c3ccc([N+](=O)[O-])c(C)c3)CC2)c1. The Hall–Kier alpha value is -3.09. The lowest BCUT2D eigenvalue weighted by Gasteiger charge is -2.36. The summed E-state index contributed by atoms with van der Waals surface area (Å²) in [5.41, 5.74) is 2.09. The number of hydrogen-bond donors (Lipinski definition) is 0. The maximum Gasteiger partial charge on any atom is 0.272 e. The zero-order valence-corrected chi connectivity index (χ0v) is 14.8. The minimum atomic E-state index is -0.434. The molecular weight excluding hydrogens is 334 g/mol. The zero-order valence-electron chi connectivity index (χ0n) is 14.8. The smallest absolute Gasteiger partial charge is 0.272 e. The topological polar surface area (TPSA) is 75.9 Å². The highest BCUT2D eigenvalue weighted by Gasteiger charge is 2.23. The van der Waals surface area contributed by atoms with E-state index in [-0.39, 0.29) is 11.6 Å². The third-order valence-electron chi connectivity index (χ3n) is 4.63. The van der Waals surface area contributed by atoms with Crippen molar-refractivity contribution < 1.29 is 14.5 Å². The van der Waals surface area contributed by atoms with Crippen LogP contribution in [0.5, 0.6) is 5.75 Å². The molecule has 0 atom stereocenters. The molecule has 2 aromatic rings. The number of amides is 1. The molecule has 0 spiro atoms. The second kappa shape index (κ2) is 7.43. The molecule has 1 amide bonds. The number of rotatable bonds is 4. The van der Waals surface area contributed by atoms with Crippen molar-refractivity contribution in [2.45, 2.75) is 6.92 Å². The molecule has 0 N–H and O–H groups in total. The van der Waals surface area contributed by atoms with Gasteiger partial charge in [-0.3, -0.25) is 14.9 Å². The van der Waals surface area contributed by atoms with E-state index < -0.39 is 4.92 Å². The van der Waals surface area contributed by atoms with E-state index in [1.165, 1.54) is 12.1 Å². The summed E-state index contributed by atoms with van der Waals surface area (Å²) in [5, 5.41) is 10.9. The van der Waals surface area contributed by atoms with Crippen molar-refractivity contribution in [2.24, 2.45) is 0 Å². The number of carbonyl (C=O) groups excluding carboxylic acids is 1. The predicted molar refractivity (Wildman–Crippen MR) is 98.9 cm³/mol. The molecular formula is C19H21N3O4. The Bertz CT molecular complexity index is 829. The first-order chi connectivity index (χ1) is 12.5. The van der Waals surface area contributed by atoms with Gasteiger partial charge in [-0.05, 0) is 31.2 Å². The predicted octanol–water partition coefficient (Wildman–Crippen LogP) is 2.87. The van der Waals surface area contributed by atoms with Gasteiger partial charge in [0.25, 0.3) is 11.6 Å². The minimum Gasteiger partial charge on any atom is -0.497 e. The number of nitro benzene ring substituents is 1. The number of carbonyl (C=O) groups is 1. The molecule has 0 unspecified atom stereocenters. The van der Waals surface area contributed by atoms with Gasteiger partial charge in [0.05, 0.1) is 12.0 Å². The summed E-state index contributed by atoms with van der Waals surface area (Å²) in [6.07, 6.45) is 0. The van der Waals surface area contributed by atoms with Crippen LogP contribution in [0.3, 0.4) is 0 Å². The fourth-order valence-corrected chi connectivity index (χ4v) is 3.15. The summed E-state index contributed by atoms with van der Waals surface area (Å²) in [6, 6.07) is 12.4. The second-order valence-electron chi connectivity index (χ2n) is 6.24. The van der Waals surface area contributed by atoms with E-state index in [9.17, 15) is 14.9 Å². The normalized spacial score (nSPS) is 14.2. The lowest BCUT2D eigenvalue weighted by atomic mass is 10.1. The van der Waals surface area contributed by atoms with E-state index in [0.717, 1.165) is 24.5 Å². The maximum atomic E-state index is 12.7. The van der Waals surface area contributed by atoms with Gasteiger partial charge >= 0.3 is 0 Å². The number of nitro groups is 1. The van der Waals surface area contributed by atoms with Crippen molar-refractivity contribution in [3.8, 4) is 5.75 Å². The van der Waals surface area contributed by atoms with E-state index >= 15 is 0 Å². The highest BCUT2D eigenvalue weighted by molar-refractivity contribution is 5.95. The van der Waals surface area contributed by atoms with E-state index in [1.54, 1.807) is 25.0 Å². The quantitative estimate of drug-likeness (QED) is 0.623. The standard InChI is InChI=1S/C19H21N3O4/c1-14-12-15(6-7-18(14)22(24)25)19(23)21-10-8-20(9-11-21)16-4-3-5-17(13-16)26-2/h3-7,12-13H,8-11H2,1-2H3. The van der Waals surface area contributed by atoms with Crippen molar-refractivity contribution in [3.63, 3.8) is 0 Å². The number of aryl methyl sites for hydroxylation is 1. The Morgan fingerprint density at radius 2 is 1.85 bits per heavy atom. The van der Waals surface area contributed by atoms with Gasteiger partial charge < -0.3 is 14.5 Å². The zero-order chi connectivity index (χ0) is 18.7. The van der Waals surface area contributed by atoms with Crippen LogP contribution in [0.4, 0.5) is 11.4 Å². The van der Waals surface area contributed by atoms with Gasteiger partial charge in [0.1, 0.15) is 5.75 Å². The van der Waals surface area contributed by atoms with Gasteiger partial charge in [-0.2, -0.15) is 0 Å². The summed E-state index contributed by atoms with van der Waals surface area (Å²) in [6.45, 7) is 4.31. The molecule has 26 heavy (non-hydrogen) atoms. The highest BCUT2D eigenvalue weighted by Crippen LogP contribution is 2.23. The van der Waals surface area contributed by atoms with Gasteiger partial charge in [-0.1, -0.05) is 6.07 Å². The van der Waals surface area contributed by atoms with Crippen LogP contribution < -0.4 is 9.64 Å². The van der Waals surface area contributed by atoms with Crippen LogP contribution in [0, 0.1) is 17.0 Å². The summed E-state index contributed by atoms with van der Waals surface area (Å²) in [7, 11) is 1.64. The van der Waals surface area contributed by atoms with Gasteiger partial charge in [-0.15, -0.1) is 0 Å². The Kier molecular flexibility index (Phi) is 5.06. The Balaban J connectivity index is 1.66. The number of piperazine rings is 1. The van der Waals surface area contributed by atoms with Crippen LogP contribution in [0.15, 0.2) is 42.5 Å². The van der Waals surface area contributed by atoms with Gasteiger partial charge in [-0.25, -0.2) is 0 Å². The fraction of sp³-hybridized carbons (Fsp3) is 0.316. The molecule has 1 aliphatic rings. The average Bonchev–Trinajstić information content (AvgIpc) is 2.67. The first-order valence-corrected chi connectivity index (χ1v) is 8.43. The summed E-state index contributed by atoms with van der Waals surface area (Å²) < 4.78 is 5.26. The molecule has 0 saturated carbocycles. The van der Waals surface area contributed by atoms with Crippen LogP contribution in [0.1, 0.15) is 15.9 Å². The molecule has 1 fully saturated rings. The number of methoxy groups -OCH3 is 1. The lowest BCUT2D eigenvalue weighted by Crippen LogP contribution is -2.48. The third-order valence-corrected chi connectivity index (χ3v) is 4.63. The molecule has 0 aliphatic carbocycles. The molecule has 1 aliphatic heterocycles. The van der Waals surface area contributed by atoms with E-state index in [1.807, 2.05) is 24.3 Å². The van der Waals surface area contributed by atoms with Crippen LogP contribution >= 0.6 is 0 Å². The lowest BCUT2D eigenvalue weighted by molar-refractivity contribution is -0.385. The van der Waals surface area contributed by atoms with Crippen molar-refractivity contribution in [1.82, 2.24) is 4.90 Å². The van der Waals surface area contributed by atoms with Crippen LogP contribution in [0.2, 0.25) is 0 Å². The number of anilines is 1. The summed E-state index contributed by atoms with van der Waals surface area (Å²) >= 11 is 0. The first-order valence-electron chi connectivity index (χ1n) is 8.43. The van der Waals surface area contributed by atoms with E-state index in [0.29, 0.717) is 24.2 Å². The van der Waals surface area contributed by atoms with Gasteiger partial charge in [0, 0.05) is 55.1 Å². The molecule has 0 bridgehead atoms. The molecule has 2 aromatic carbocycles. The molecule has 136 valence electrons. The van der Waals surface area contributed by atoms with E-state index in [2.05, 4.69) is 4.90 Å². The van der Waals surface area contributed by atoms with Crippen LogP contribution in [0.25, 0.3) is 0 Å². The number of benzene rings is 2. The molecule has 0 radical (unpaired) electrons. The van der Waals surface area contributed by atoms with E-state index in [4.69, 9.17) is 4.74 Å². The molecule has 1 heterocycles. The largest absolute Gasteiger partial charge is 0.497 e. The maximum absolute atomic E-state index is 12.7. The molecule has 7 heteroatoms. The Morgan fingerprint density at radius 3 is 2.46 bits per heavy atom. The Morgan fingerprint density at radius 1 is 1.12 bits per heavy atom. The summed E-state index contributed by atoms with van der Waals surface area (Å²) in [4.78, 5) is 27.2. The van der Waals surface area contributed by atoms with Crippen molar-refractivity contribution in [2.75, 3.05) is 38.2 Å². The van der Waals surface area contributed by atoms with Gasteiger partial charge in [0.15, 0.2) is 0 Å². The van der Waals surface area contributed by atoms with Crippen molar-refractivity contribution >= 4 is 17.3 Å². The molecule has 1 saturated heterocycles. The summed E-state index contributed by atoms with van der Waals surface area (Å²) in [5.74, 6) is 0.718. The first kappa shape index (κ1) is 17.7. The second-order valence-corrected chi connectivity index (χ2v) is 6.24. The molecule has 3 rings (SSSR count). The molecule has 7 nitrogen and oxygen atoms in total. The van der Waals surface area contributed by atoms with Crippen molar-refractivity contribution in [3.05, 3.63) is 63.7 Å². The Labute approximate surface area is 151 Å². The fourth-order valence-electron chi connectivity index (χ4n) is 3.15. The van der Waals surface area contributed by atoms with Crippen LogP contribution in [-0.4, -0.2) is 49.0 Å². The van der Waals surface area contributed by atoms with Crippen molar-refractivity contribution in [1.29, 1.82) is 0 Å².